The molecule has 1 N–H and O–H groups in total. The summed E-state index contributed by atoms with van der Waals surface area (Å²) in [4.78, 5) is 8.47. The Hall–Kier alpha value is -2.89. The van der Waals surface area contributed by atoms with E-state index in [1.165, 1.54) is 28.8 Å². The molecule has 0 amide bonds. The van der Waals surface area contributed by atoms with E-state index in [4.69, 9.17) is 14.2 Å². The summed E-state index contributed by atoms with van der Waals surface area (Å²) in [5, 5.41) is 16.2. The molecule has 1 saturated heterocycles. The number of fused-ring (bicyclic) bond motifs is 1. The lowest BCUT2D eigenvalue weighted by atomic mass is 10.0. The van der Waals surface area contributed by atoms with Gasteiger partial charge in [-0.25, -0.2) is 18.9 Å². The zero-order chi connectivity index (χ0) is 24.3. The highest BCUT2D eigenvalue weighted by molar-refractivity contribution is 7.98. The van der Waals surface area contributed by atoms with Crippen LogP contribution in [0.3, 0.4) is 0 Å². The van der Waals surface area contributed by atoms with Crippen molar-refractivity contribution in [2.75, 3.05) is 12.9 Å². The molecule has 35 heavy (non-hydrogen) atoms. The van der Waals surface area contributed by atoms with Crippen molar-refractivity contribution in [2.45, 2.75) is 42.4 Å². The van der Waals surface area contributed by atoms with Crippen LogP contribution in [0.5, 0.6) is 0 Å². The lowest BCUT2D eigenvalue weighted by Gasteiger charge is -2.24. The maximum atomic E-state index is 16.0. The van der Waals surface area contributed by atoms with Gasteiger partial charge in [-0.2, -0.15) is 5.10 Å². The number of aliphatic hydroxyl groups is 1. The van der Waals surface area contributed by atoms with Crippen LogP contribution in [0.25, 0.3) is 5.65 Å². The van der Waals surface area contributed by atoms with Crippen LogP contribution in [-0.2, 0) is 33.2 Å². The van der Waals surface area contributed by atoms with Crippen LogP contribution in [-0.4, -0.2) is 55.9 Å². The molecule has 0 radical (unpaired) electrons. The molecule has 1 unspecified atom stereocenters. The van der Waals surface area contributed by atoms with Gasteiger partial charge in [0.2, 0.25) is 5.79 Å². The highest BCUT2D eigenvalue weighted by Crippen LogP contribution is 2.42. The molecule has 8 nitrogen and oxygen atoms in total. The average Bonchev–Trinajstić information content (AvgIpc) is 3.44. The summed E-state index contributed by atoms with van der Waals surface area (Å²) < 4.78 is 35.0. The Labute approximate surface area is 206 Å². The molecule has 10 heteroatoms. The van der Waals surface area contributed by atoms with E-state index in [9.17, 15) is 5.11 Å². The number of thioether (sulfide) groups is 1. The summed E-state index contributed by atoms with van der Waals surface area (Å²) in [6, 6.07) is 19.1. The van der Waals surface area contributed by atoms with Gasteiger partial charge >= 0.3 is 0 Å². The molecule has 0 bridgehead atoms. The number of hydrogen-bond donors (Lipinski definition) is 1. The Bertz CT molecular complexity index is 1260. The van der Waals surface area contributed by atoms with Gasteiger partial charge < -0.3 is 19.3 Å². The van der Waals surface area contributed by atoms with Crippen molar-refractivity contribution >= 4 is 17.4 Å². The third-order valence-corrected chi connectivity index (χ3v) is 6.55. The second kappa shape index (κ2) is 10.4. The quantitative estimate of drug-likeness (QED) is 0.352. The Morgan fingerprint density at radius 3 is 2.43 bits per heavy atom. The first-order valence-corrected chi connectivity index (χ1v) is 12.4. The minimum Gasteiger partial charge on any atom is -0.374 e. The van der Waals surface area contributed by atoms with Gasteiger partial charge in [0.1, 0.15) is 29.3 Å². The number of imidazole rings is 1. The Morgan fingerprint density at radius 1 is 1.06 bits per heavy atom. The maximum Gasteiger partial charge on any atom is 0.247 e. The largest absolute Gasteiger partial charge is 0.374 e. The van der Waals surface area contributed by atoms with Crippen molar-refractivity contribution in [1.29, 1.82) is 0 Å². The van der Waals surface area contributed by atoms with E-state index in [1.54, 1.807) is 0 Å². The zero-order valence-corrected chi connectivity index (χ0v) is 19.8. The van der Waals surface area contributed by atoms with Crippen LogP contribution in [0.2, 0.25) is 0 Å². The molecule has 1 aliphatic heterocycles. The zero-order valence-electron chi connectivity index (χ0n) is 19.0. The minimum absolute atomic E-state index is 0.0266. The third-order valence-electron chi connectivity index (χ3n) is 5.87. The molecule has 182 valence electrons. The molecule has 0 spiro atoms. The van der Waals surface area contributed by atoms with E-state index in [-0.39, 0.29) is 18.9 Å². The second-order valence-electron chi connectivity index (χ2n) is 8.16. The van der Waals surface area contributed by atoms with Gasteiger partial charge in [0.05, 0.1) is 26.0 Å². The maximum absolute atomic E-state index is 16.0. The number of hydrogen-bond acceptors (Lipinski definition) is 8. The molecule has 2 aromatic carbocycles. The van der Waals surface area contributed by atoms with Crippen LogP contribution in [0.4, 0.5) is 4.39 Å². The van der Waals surface area contributed by atoms with E-state index in [1.807, 2.05) is 66.9 Å². The summed E-state index contributed by atoms with van der Waals surface area (Å²) in [7, 11) is 0. The van der Waals surface area contributed by atoms with Gasteiger partial charge in [0.25, 0.3) is 0 Å². The van der Waals surface area contributed by atoms with Crippen molar-refractivity contribution in [2.24, 2.45) is 0 Å². The molecule has 2 aromatic heterocycles. The standard InChI is InChI=1S/C25H25FN4O4S/c1-35-24-23-27-12-20(30(23)29-16-28-24)25(31)22(26)21(33-14-18-10-6-3-7-11-18)19(34-25)15-32-13-17-8-4-2-5-9-17/h2-12,16,19,21-22,31H,13-15H2,1H3/t19-,21-,22+,25?/m1/s1. The van der Waals surface area contributed by atoms with E-state index >= 15 is 4.39 Å². The molecule has 0 aliphatic carbocycles. The van der Waals surface area contributed by atoms with Crippen molar-refractivity contribution in [1.82, 2.24) is 19.6 Å². The van der Waals surface area contributed by atoms with Crippen LogP contribution in [0.1, 0.15) is 16.8 Å². The summed E-state index contributed by atoms with van der Waals surface area (Å²) in [5.74, 6) is -2.33. The summed E-state index contributed by atoms with van der Waals surface area (Å²) >= 11 is 1.37. The number of rotatable bonds is 9. The van der Waals surface area contributed by atoms with Gasteiger partial charge in [0.15, 0.2) is 11.8 Å². The van der Waals surface area contributed by atoms with E-state index in [2.05, 4.69) is 15.1 Å². The number of halogens is 1. The van der Waals surface area contributed by atoms with E-state index < -0.39 is 24.2 Å². The smallest absolute Gasteiger partial charge is 0.247 e. The first-order chi connectivity index (χ1) is 17.1. The van der Waals surface area contributed by atoms with E-state index in [0.29, 0.717) is 17.3 Å². The fourth-order valence-corrected chi connectivity index (χ4v) is 4.59. The average molecular weight is 497 g/mol. The number of nitrogens with zero attached hydrogens (tertiary/aromatic N) is 4. The number of alkyl halides is 1. The molecule has 1 fully saturated rings. The van der Waals surface area contributed by atoms with Crippen LogP contribution < -0.4 is 0 Å². The Kier molecular flexibility index (Phi) is 7.07. The van der Waals surface area contributed by atoms with Gasteiger partial charge in [-0.05, 0) is 17.4 Å². The number of benzene rings is 2. The molecule has 4 atom stereocenters. The van der Waals surface area contributed by atoms with Gasteiger partial charge in [-0.1, -0.05) is 60.7 Å². The van der Waals surface area contributed by atoms with Crippen molar-refractivity contribution < 1.29 is 23.7 Å². The summed E-state index contributed by atoms with van der Waals surface area (Å²) in [6.45, 7) is 0.507. The van der Waals surface area contributed by atoms with Crippen molar-refractivity contribution in [3.63, 3.8) is 0 Å². The van der Waals surface area contributed by atoms with Gasteiger partial charge in [-0.3, -0.25) is 0 Å². The van der Waals surface area contributed by atoms with Crippen molar-refractivity contribution in [3.8, 4) is 0 Å². The fourth-order valence-electron chi connectivity index (χ4n) is 4.11. The first-order valence-electron chi connectivity index (χ1n) is 11.1. The first kappa shape index (κ1) is 23.8. The lowest BCUT2D eigenvalue weighted by Crippen LogP contribution is -2.40. The SMILES string of the molecule is CSc1ncnn2c(C3(O)O[C@H](COCc4ccccc4)[C@@H](OCc4ccccc4)[C@@H]3F)cnc12. The minimum atomic E-state index is -2.33. The predicted octanol–water partition coefficient (Wildman–Crippen LogP) is 3.53. The van der Waals surface area contributed by atoms with Crippen LogP contribution in [0.15, 0.2) is 78.2 Å². The molecule has 4 aromatic rings. The fraction of sp³-hybridized carbons (Fsp3) is 0.320. The third kappa shape index (κ3) is 4.80. The summed E-state index contributed by atoms with van der Waals surface area (Å²) in [5.41, 5.74) is 2.33. The monoisotopic (exact) mass is 496 g/mol. The molecule has 1 aliphatic rings. The highest BCUT2D eigenvalue weighted by Gasteiger charge is 2.58. The second-order valence-corrected chi connectivity index (χ2v) is 8.96. The Morgan fingerprint density at radius 2 is 1.74 bits per heavy atom. The molecular weight excluding hydrogens is 471 g/mol. The van der Waals surface area contributed by atoms with Gasteiger partial charge in [-0.15, -0.1) is 11.8 Å². The summed E-state index contributed by atoms with van der Waals surface area (Å²) in [6.07, 6.45) is 0.683. The highest BCUT2D eigenvalue weighted by atomic mass is 32.2. The van der Waals surface area contributed by atoms with Crippen LogP contribution in [0, 0.1) is 0 Å². The number of ether oxygens (including phenoxy) is 3. The lowest BCUT2D eigenvalue weighted by molar-refractivity contribution is -0.232. The molecule has 5 rings (SSSR count). The molecule has 0 saturated carbocycles. The Balaban J connectivity index is 1.40. The normalized spacial score (nSPS) is 24.3. The molecule has 3 heterocycles. The predicted molar refractivity (Wildman–Crippen MR) is 127 cm³/mol. The van der Waals surface area contributed by atoms with Gasteiger partial charge in [0, 0.05) is 0 Å². The number of aromatic nitrogens is 4. The van der Waals surface area contributed by atoms with Crippen LogP contribution >= 0.6 is 11.8 Å². The van der Waals surface area contributed by atoms with Crippen molar-refractivity contribution in [3.05, 3.63) is 90.0 Å². The van der Waals surface area contributed by atoms with E-state index in [0.717, 1.165) is 11.1 Å². The topological polar surface area (TPSA) is 91.0 Å². The molecular formula is C25H25FN4O4S.